The number of ether oxygens (including phenoxy) is 2. The molecule has 2 aromatic carbocycles. The van der Waals surface area contributed by atoms with Gasteiger partial charge in [-0.05, 0) is 25.0 Å². The van der Waals surface area contributed by atoms with Crippen molar-refractivity contribution in [2.24, 2.45) is 0 Å². The number of hydrogen-bond donors (Lipinski definition) is 0. The van der Waals surface area contributed by atoms with Gasteiger partial charge in [0, 0.05) is 12.6 Å². The Balaban J connectivity index is 1.99. The van der Waals surface area contributed by atoms with Crippen molar-refractivity contribution in [3.63, 3.8) is 0 Å². The molecule has 0 aliphatic carbocycles. The molecule has 1 amide bonds. The van der Waals surface area contributed by atoms with Crippen LogP contribution in [0.5, 0.6) is 11.5 Å². The maximum atomic E-state index is 12.9. The van der Waals surface area contributed by atoms with E-state index < -0.39 is 28.5 Å². The maximum absolute atomic E-state index is 12.9. The first kappa shape index (κ1) is 20.0. The molecule has 0 unspecified atom stereocenters. The maximum Gasteiger partial charge on any atom is 0.343 e. The third-order valence-electron chi connectivity index (χ3n) is 4.64. The van der Waals surface area contributed by atoms with Gasteiger partial charge in [0.2, 0.25) is 0 Å². The summed E-state index contributed by atoms with van der Waals surface area (Å²) in [7, 11) is 1.29. The average molecular weight is 398 g/mol. The molecule has 29 heavy (non-hydrogen) atoms. The number of benzene rings is 2. The zero-order valence-electron chi connectivity index (χ0n) is 15.6. The Morgan fingerprint density at radius 2 is 1.93 bits per heavy atom. The minimum absolute atomic E-state index is 0.00918. The summed E-state index contributed by atoms with van der Waals surface area (Å²) in [5.41, 5.74) is -0.522. The van der Waals surface area contributed by atoms with E-state index in [1.54, 1.807) is 18.2 Å². The third-order valence-corrected chi connectivity index (χ3v) is 4.64. The quantitative estimate of drug-likeness (QED) is 0.241. The van der Waals surface area contributed by atoms with Crippen LogP contribution < -0.4 is 9.47 Å². The number of aldehydes is 1. The minimum Gasteiger partial charge on any atom is -0.493 e. The van der Waals surface area contributed by atoms with Gasteiger partial charge in [-0.25, -0.2) is 4.79 Å². The van der Waals surface area contributed by atoms with Crippen molar-refractivity contribution in [1.82, 2.24) is 4.90 Å². The molecule has 0 N–H and O–H groups in total. The van der Waals surface area contributed by atoms with Crippen molar-refractivity contribution >= 4 is 23.9 Å². The average Bonchev–Trinajstić information content (AvgIpc) is 3.22. The first-order valence-electron chi connectivity index (χ1n) is 8.86. The van der Waals surface area contributed by atoms with Crippen LogP contribution in [-0.2, 0) is 4.79 Å². The van der Waals surface area contributed by atoms with Gasteiger partial charge in [0.05, 0.1) is 29.7 Å². The summed E-state index contributed by atoms with van der Waals surface area (Å²) in [6, 6.07) is 9.63. The minimum atomic E-state index is -0.738. The Hall–Kier alpha value is -3.75. The molecule has 3 rings (SSSR count). The SMILES string of the molecule is COc1cc(C(=O)N2CCC[C@H]2C=O)c([N+](=O)[O-])cc1OC(=O)c1ccccc1. The first-order chi connectivity index (χ1) is 14.0. The smallest absolute Gasteiger partial charge is 0.343 e. The number of nitrogens with zero attached hydrogens (tertiary/aromatic N) is 2. The number of likely N-dealkylation sites (tertiary alicyclic amines) is 1. The summed E-state index contributed by atoms with van der Waals surface area (Å²) in [4.78, 5) is 48.5. The molecule has 2 aromatic rings. The van der Waals surface area contributed by atoms with Crippen molar-refractivity contribution in [1.29, 1.82) is 0 Å². The molecule has 1 aliphatic heterocycles. The van der Waals surface area contributed by atoms with Crippen LogP contribution in [0.25, 0.3) is 0 Å². The predicted octanol–water partition coefficient (Wildman–Crippen LogP) is 2.63. The number of carbonyl (C=O) groups is 3. The molecular formula is C20H18N2O7. The van der Waals surface area contributed by atoms with Gasteiger partial charge in [-0.2, -0.15) is 0 Å². The molecule has 1 saturated heterocycles. The fourth-order valence-electron chi connectivity index (χ4n) is 3.18. The summed E-state index contributed by atoms with van der Waals surface area (Å²) >= 11 is 0. The van der Waals surface area contributed by atoms with Crippen molar-refractivity contribution in [3.05, 3.63) is 63.7 Å². The van der Waals surface area contributed by atoms with Gasteiger partial charge in [-0.3, -0.25) is 14.9 Å². The summed E-state index contributed by atoms with van der Waals surface area (Å²) in [5, 5.41) is 11.6. The van der Waals surface area contributed by atoms with Crippen LogP contribution >= 0.6 is 0 Å². The van der Waals surface area contributed by atoms with Gasteiger partial charge >= 0.3 is 5.97 Å². The molecule has 0 bridgehead atoms. The number of nitro groups is 1. The number of amides is 1. The largest absolute Gasteiger partial charge is 0.493 e. The second-order valence-electron chi connectivity index (χ2n) is 6.38. The van der Waals surface area contributed by atoms with Gasteiger partial charge < -0.3 is 19.2 Å². The van der Waals surface area contributed by atoms with Crippen molar-refractivity contribution in [3.8, 4) is 11.5 Å². The molecule has 150 valence electrons. The lowest BCUT2D eigenvalue weighted by Gasteiger charge is -2.21. The third kappa shape index (κ3) is 4.08. The van der Waals surface area contributed by atoms with Gasteiger partial charge in [0.25, 0.3) is 11.6 Å². The second-order valence-corrected chi connectivity index (χ2v) is 6.38. The highest BCUT2D eigenvalue weighted by Crippen LogP contribution is 2.36. The van der Waals surface area contributed by atoms with E-state index in [0.717, 1.165) is 12.1 Å². The topological polar surface area (TPSA) is 116 Å². The predicted molar refractivity (Wildman–Crippen MR) is 101 cm³/mol. The van der Waals surface area contributed by atoms with Crippen LogP contribution in [0, 0.1) is 10.1 Å². The number of rotatable bonds is 6. The molecule has 9 nitrogen and oxygen atoms in total. The lowest BCUT2D eigenvalue weighted by molar-refractivity contribution is -0.385. The Kier molecular flexibility index (Phi) is 5.87. The highest BCUT2D eigenvalue weighted by atomic mass is 16.6. The van der Waals surface area contributed by atoms with Crippen molar-refractivity contribution in [2.45, 2.75) is 18.9 Å². The van der Waals surface area contributed by atoms with Gasteiger partial charge in [-0.1, -0.05) is 18.2 Å². The molecule has 1 atom stereocenters. The van der Waals surface area contributed by atoms with E-state index in [-0.39, 0.29) is 22.6 Å². The summed E-state index contributed by atoms with van der Waals surface area (Å²) < 4.78 is 10.4. The van der Waals surface area contributed by atoms with Crippen LogP contribution in [0.3, 0.4) is 0 Å². The molecule has 0 radical (unpaired) electrons. The summed E-state index contributed by atoms with van der Waals surface area (Å²) in [5.74, 6) is -1.56. The number of nitro benzene ring substituents is 1. The number of esters is 1. The molecule has 1 fully saturated rings. The molecule has 9 heteroatoms. The highest BCUT2D eigenvalue weighted by molar-refractivity contribution is 6.00. The van der Waals surface area contributed by atoms with Crippen LogP contribution in [-0.4, -0.2) is 47.7 Å². The van der Waals surface area contributed by atoms with Gasteiger partial charge in [-0.15, -0.1) is 0 Å². The lowest BCUT2D eigenvalue weighted by Crippen LogP contribution is -2.36. The number of methoxy groups -OCH3 is 1. The summed E-state index contributed by atoms with van der Waals surface area (Å²) in [6.07, 6.45) is 1.80. The molecule has 1 aliphatic rings. The zero-order chi connectivity index (χ0) is 21.0. The van der Waals surface area contributed by atoms with E-state index in [1.807, 2.05) is 0 Å². The van der Waals surface area contributed by atoms with E-state index in [9.17, 15) is 24.5 Å². The second kappa shape index (κ2) is 8.51. The van der Waals surface area contributed by atoms with E-state index in [0.29, 0.717) is 25.7 Å². The summed E-state index contributed by atoms with van der Waals surface area (Å²) in [6.45, 7) is 0.326. The van der Waals surface area contributed by atoms with Crippen molar-refractivity contribution in [2.75, 3.05) is 13.7 Å². The zero-order valence-corrected chi connectivity index (χ0v) is 15.6. The fraction of sp³-hybridized carbons (Fsp3) is 0.250. The van der Waals surface area contributed by atoms with E-state index in [4.69, 9.17) is 9.47 Å². The van der Waals surface area contributed by atoms with E-state index in [1.165, 1.54) is 24.1 Å². The van der Waals surface area contributed by atoms with Crippen LogP contribution in [0.4, 0.5) is 5.69 Å². The molecule has 0 spiro atoms. The van der Waals surface area contributed by atoms with Crippen LogP contribution in [0.15, 0.2) is 42.5 Å². The molecule has 0 saturated carbocycles. The number of carbonyl (C=O) groups excluding carboxylic acids is 3. The van der Waals surface area contributed by atoms with Gasteiger partial charge in [0.1, 0.15) is 11.8 Å². The monoisotopic (exact) mass is 398 g/mol. The molecular weight excluding hydrogens is 380 g/mol. The van der Waals surface area contributed by atoms with Crippen molar-refractivity contribution < 1.29 is 28.8 Å². The highest BCUT2D eigenvalue weighted by Gasteiger charge is 2.34. The van der Waals surface area contributed by atoms with Crippen LogP contribution in [0.2, 0.25) is 0 Å². The van der Waals surface area contributed by atoms with E-state index >= 15 is 0 Å². The molecule has 1 heterocycles. The Morgan fingerprint density at radius 1 is 1.21 bits per heavy atom. The number of hydrogen-bond acceptors (Lipinski definition) is 7. The normalized spacial score (nSPS) is 15.6. The van der Waals surface area contributed by atoms with Crippen LogP contribution in [0.1, 0.15) is 33.6 Å². The fourth-order valence-corrected chi connectivity index (χ4v) is 3.18. The Labute approximate surface area is 166 Å². The Morgan fingerprint density at radius 3 is 2.55 bits per heavy atom. The molecule has 0 aromatic heterocycles. The standard InChI is InChI=1S/C20H18N2O7/c1-28-17-10-15(19(24)21-9-5-8-14(21)12-23)16(22(26)27)11-18(17)29-20(25)13-6-3-2-4-7-13/h2-4,6-7,10-12,14H,5,8-9H2,1H3/t14-/m0/s1. The lowest BCUT2D eigenvalue weighted by atomic mass is 10.1. The van der Waals surface area contributed by atoms with E-state index in [2.05, 4.69) is 0 Å². The Bertz CT molecular complexity index is 959. The first-order valence-corrected chi connectivity index (χ1v) is 8.86. The van der Waals surface area contributed by atoms with Gasteiger partial charge in [0.15, 0.2) is 11.5 Å².